The molecule has 0 spiro atoms. The molecule has 0 atom stereocenters. The fraction of sp³-hybridized carbons (Fsp3) is 0.333. The van der Waals surface area contributed by atoms with Crippen LogP contribution in [-0.4, -0.2) is 42.6 Å². The molecule has 0 bridgehead atoms. The maximum atomic E-state index is 12.4. The molecule has 27 heavy (non-hydrogen) atoms. The van der Waals surface area contributed by atoms with Crippen LogP contribution in [-0.2, 0) is 4.74 Å². The van der Waals surface area contributed by atoms with E-state index in [9.17, 15) is 9.59 Å². The maximum absolute atomic E-state index is 12.4. The van der Waals surface area contributed by atoms with Gasteiger partial charge in [0.15, 0.2) is 0 Å². The third-order valence-corrected chi connectivity index (χ3v) is 4.45. The van der Waals surface area contributed by atoms with Gasteiger partial charge in [0.05, 0.1) is 6.61 Å². The van der Waals surface area contributed by atoms with Crippen molar-refractivity contribution >= 4 is 12.0 Å². The number of carbonyl (C=O) groups is 2. The highest BCUT2D eigenvalue weighted by Crippen LogP contribution is 2.21. The van der Waals surface area contributed by atoms with E-state index in [1.54, 1.807) is 36.1 Å². The van der Waals surface area contributed by atoms with Crippen molar-refractivity contribution in [3.63, 3.8) is 0 Å². The van der Waals surface area contributed by atoms with E-state index in [0.717, 1.165) is 18.6 Å². The third-order valence-electron chi connectivity index (χ3n) is 4.45. The zero-order chi connectivity index (χ0) is 19.1. The lowest BCUT2D eigenvalue weighted by Crippen LogP contribution is -2.46. The van der Waals surface area contributed by atoms with E-state index in [0.29, 0.717) is 31.0 Å². The Morgan fingerprint density at radius 3 is 2.26 bits per heavy atom. The number of ether oxygens (including phenoxy) is 2. The number of nitrogens with zero attached hydrogens (tertiary/aromatic N) is 1. The number of hydrogen-bond donors (Lipinski definition) is 1. The van der Waals surface area contributed by atoms with Gasteiger partial charge in [0, 0.05) is 24.7 Å². The predicted octanol–water partition coefficient (Wildman–Crippen LogP) is 3.83. The summed E-state index contributed by atoms with van der Waals surface area (Å²) in [7, 11) is 0. The second-order valence-corrected chi connectivity index (χ2v) is 6.37. The second-order valence-electron chi connectivity index (χ2n) is 6.37. The van der Waals surface area contributed by atoms with Crippen LogP contribution in [0, 0.1) is 0 Å². The van der Waals surface area contributed by atoms with Gasteiger partial charge in [0.1, 0.15) is 11.5 Å². The monoisotopic (exact) mass is 368 g/mol. The minimum absolute atomic E-state index is 0.0587. The van der Waals surface area contributed by atoms with Gasteiger partial charge in [-0.2, -0.15) is 0 Å². The van der Waals surface area contributed by atoms with Crippen molar-refractivity contribution in [2.24, 2.45) is 0 Å². The number of carbonyl (C=O) groups excluding carboxylic acids is 2. The van der Waals surface area contributed by atoms with E-state index < -0.39 is 0 Å². The van der Waals surface area contributed by atoms with E-state index in [4.69, 9.17) is 9.47 Å². The van der Waals surface area contributed by atoms with Crippen molar-refractivity contribution in [1.82, 2.24) is 10.2 Å². The molecule has 0 unspecified atom stereocenters. The smallest absolute Gasteiger partial charge is 0.409 e. The number of hydrogen-bond acceptors (Lipinski definition) is 4. The fourth-order valence-corrected chi connectivity index (χ4v) is 2.99. The van der Waals surface area contributed by atoms with Gasteiger partial charge < -0.3 is 19.7 Å². The van der Waals surface area contributed by atoms with Gasteiger partial charge in [-0.25, -0.2) is 4.79 Å². The molecule has 3 rings (SSSR count). The minimum Gasteiger partial charge on any atom is -0.457 e. The van der Waals surface area contributed by atoms with Crippen molar-refractivity contribution in [2.45, 2.75) is 25.8 Å². The molecule has 1 N–H and O–H groups in total. The van der Waals surface area contributed by atoms with Crippen LogP contribution < -0.4 is 10.1 Å². The molecule has 0 saturated carbocycles. The average molecular weight is 368 g/mol. The molecular formula is C21H24N2O4. The lowest BCUT2D eigenvalue weighted by atomic mass is 10.0. The summed E-state index contributed by atoms with van der Waals surface area (Å²) in [6.07, 6.45) is 1.16. The first-order chi connectivity index (χ1) is 13.2. The lowest BCUT2D eigenvalue weighted by Gasteiger charge is -2.31. The zero-order valence-electron chi connectivity index (χ0n) is 15.4. The van der Waals surface area contributed by atoms with Crippen LogP contribution in [0.4, 0.5) is 4.79 Å². The molecule has 6 nitrogen and oxygen atoms in total. The zero-order valence-corrected chi connectivity index (χ0v) is 15.4. The molecule has 1 fully saturated rings. The molecule has 1 aliphatic rings. The minimum atomic E-state index is -0.281. The predicted molar refractivity (Wildman–Crippen MR) is 102 cm³/mol. The standard InChI is InChI=1S/C21H24N2O4/c1-2-26-21(25)23-14-12-17(13-15-23)22-20(24)16-8-10-19(11-9-16)27-18-6-4-3-5-7-18/h3-11,17H,2,12-15H2,1H3,(H,22,24). The number of benzene rings is 2. The molecule has 1 saturated heterocycles. The highest BCUT2D eigenvalue weighted by molar-refractivity contribution is 5.94. The van der Waals surface area contributed by atoms with E-state index in [1.165, 1.54) is 0 Å². The van der Waals surface area contributed by atoms with Crippen LogP contribution in [0.25, 0.3) is 0 Å². The Kier molecular flexibility index (Phi) is 6.30. The Balaban J connectivity index is 1.49. The Labute approximate surface area is 159 Å². The molecule has 0 radical (unpaired) electrons. The number of nitrogens with one attached hydrogen (secondary N) is 1. The summed E-state index contributed by atoms with van der Waals surface area (Å²) >= 11 is 0. The van der Waals surface area contributed by atoms with E-state index in [-0.39, 0.29) is 18.0 Å². The van der Waals surface area contributed by atoms with Gasteiger partial charge in [-0.15, -0.1) is 0 Å². The maximum Gasteiger partial charge on any atom is 0.409 e. The number of rotatable bonds is 5. The summed E-state index contributed by atoms with van der Waals surface area (Å²) in [5, 5.41) is 3.04. The molecule has 2 aromatic rings. The van der Waals surface area contributed by atoms with E-state index >= 15 is 0 Å². The van der Waals surface area contributed by atoms with Crippen molar-refractivity contribution in [3.8, 4) is 11.5 Å². The first kappa shape index (κ1) is 18.8. The number of amides is 2. The largest absolute Gasteiger partial charge is 0.457 e. The average Bonchev–Trinajstić information content (AvgIpc) is 2.70. The second kappa shape index (κ2) is 9.07. The SMILES string of the molecule is CCOC(=O)N1CCC(NC(=O)c2ccc(Oc3ccccc3)cc2)CC1. The highest BCUT2D eigenvalue weighted by atomic mass is 16.6. The molecule has 2 amide bonds. The van der Waals surface area contributed by atoms with E-state index in [2.05, 4.69) is 5.32 Å². The quantitative estimate of drug-likeness (QED) is 0.871. The summed E-state index contributed by atoms with van der Waals surface area (Å²) in [4.78, 5) is 25.8. The molecule has 0 aliphatic carbocycles. The van der Waals surface area contributed by atoms with Crippen molar-refractivity contribution < 1.29 is 19.1 Å². The summed E-state index contributed by atoms with van der Waals surface area (Å²) in [6.45, 7) is 3.35. The first-order valence-corrected chi connectivity index (χ1v) is 9.21. The van der Waals surface area contributed by atoms with Crippen LogP contribution >= 0.6 is 0 Å². The molecule has 1 heterocycles. The van der Waals surface area contributed by atoms with Crippen molar-refractivity contribution in [3.05, 3.63) is 60.2 Å². The van der Waals surface area contributed by atoms with Gasteiger partial charge in [-0.3, -0.25) is 4.79 Å². The van der Waals surface area contributed by atoms with Crippen LogP contribution in [0.5, 0.6) is 11.5 Å². The molecule has 0 aromatic heterocycles. The van der Waals surface area contributed by atoms with Crippen LogP contribution in [0.3, 0.4) is 0 Å². The summed E-state index contributed by atoms with van der Waals surface area (Å²) in [5.74, 6) is 1.32. The lowest BCUT2D eigenvalue weighted by molar-refractivity contribution is 0.0860. The Morgan fingerprint density at radius 2 is 1.63 bits per heavy atom. The molecular weight excluding hydrogens is 344 g/mol. The fourth-order valence-electron chi connectivity index (χ4n) is 2.99. The number of piperidine rings is 1. The first-order valence-electron chi connectivity index (χ1n) is 9.21. The third kappa shape index (κ3) is 5.23. The normalized spacial score (nSPS) is 14.5. The Bertz CT molecular complexity index is 754. The van der Waals surface area contributed by atoms with Gasteiger partial charge in [0.25, 0.3) is 5.91 Å². The van der Waals surface area contributed by atoms with E-state index in [1.807, 2.05) is 30.3 Å². The molecule has 6 heteroatoms. The van der Waals surface area contributed by atoms with Crippen molar-refractivity contribution in [2.75, 3.05) is 19.7 Å². The van der Waals surface area contributed by atoms with Gasteiger partial charge in [-0.05, 0) is 56.2 Å². The topological polar surface area (TPSA) is 67.9 Å². The number of para-hydroxylation sites is 1. The Hall–Kier alpha value is -3.02. The summed E-state index contributed by atoms with van der Waals surface area (Å²) in [6, 6.07) is 16.6. The number of likely N-dealkylation sites (tertiary alicyclic amines) is 1. The van der Waals surface area contributed by atoms with Crippen molar-refractivity contribution in [1.29, 1.82) is 0 Å². The van der Waals surface area contributed by atoms with Gasteiger partial charge in [-0.1, -0.05) is 18.2 Å². The summed E-state index contributed by atoms with van der Waals surface area (Å²) < 4.78 is 10.7. The molecule has 142 valence electrons. The van der Waals surface area contributed by atoms with Crippen LogP contribution in [0.1, 0.15) is 30.1 Å². The van der Waals surface area contributed by atoms with Gasteiger partial charge in [0.2, 0.25) is 0 Å². The molecule has 1 aliphatic heterocycles. The van der Waals surface area contributed by atoms with Crippen LogP contribution in [0.15, 0.2) is 54.6 Å². The van der Waals surface area contributed by atoms with Crippen LogP contribution in [0.2, 0.25) is 0 Å². The Morgan fingerprint density at radius 1 is 1.00 bits per heavy atom. The van der Waals surface area contributed by atoms with Gasteiger partial charge >= 0.3 is 6.09 Å². The summed E-state index contributed by atoms with van der Waals surface area (Å²) in [5.41, 5.74) is 0.586. The highest BCUT2D eigenvalue weighted by Gasteiger charge is 2.24. The molecule has 2 aromatic carbocycles.